The average molecular weight is 305 g/mol. The van der Waals surface area contributed by atoms with Crippen molar-refractivity contribution in [2.45, 2.75) is 51.1 Å². The molecule has 1 nitrogen and oxygen atoms in total. The van der Waals surface area contributed by atoms with Crippen LogP contribution in [0, 0.1) is 5.92 Å². The van der Waals surface area contributed by atoms with Gasteiger partial charge in [-0.3, -0.25) is 4.90 Å². The van der Waals surface area contributed by atoms with Crippen molar-refractivity contribution in [3.05, 3.63) is 71.3 Å². The summed E-state index contributed by atoms with van der Waals surface area (Å²) in [7, 11) is 0. The number of hydrogen-bond acceptors (Lipinski definition) is 1. The molecule has 0 N–H and O–H groups in total. The maximum absolute atomic E-state index is 2.76. The summed E-state index contributed by atoms with van der Waals surface area (Å²) in [5.74, 6) is 0.842. The van der Waals surface area contributed by atoms with Gasteiger partial charge in [0, 0.05) is 19.1 Å². The van der Waals surface area contributed by atoms with Crippen molar-refractivity contribution in [1.29, 1.82) is 0 Å². The van der Waals surface area contributed by atoms with Gasteiger partial charge in [-0.25, -0.2) is 0 Å². The molecule has 1 fully saturated rings. The van der Waals surface area contributed by atoms with Gasteiger partial charge < -0.3 is 0 Å². The smallest absolute Gasteiger partial charge is 0.0382 e. The van der Waals surface area contributed by atoms with Crippen LogP contribution in [0.4, 0.5) is 0 Å². The molecule has 120 valence electrons. The lowest BCUT2D eigenvalue weighted by Gasteiger charge is -2.43. The van der Waals surface area contributed by atoms with Crippen molar-refractivity contribution in [3.63, 3.8) is 0 Å². The number of benzene rings is 2. The molecule has 1 atom stereocenters. The minimum absolute atomic E-state index is 0.625. The predicted molar refractivity (Wildman–Crippen MR) is 96.3 cm³/mol. The first-order chi connectivity index (χ1) is 11.4. The number of fused-ring (bicyclic) bond motifs is 1. The first kappa shape index (κ1) is 15.0. The van der Waals surface area contributed by atoms with Crippen LogP contribution in [-0.2, 0) is 13.0 Å². The van der Waals surface area contributed by atoms with Gasteiger partial charge in [0.1, 0.15) is 0 Å². The first-order valence-corrected chi connectivity index (χ1v) is 9.27. The van der Waals surface area contributed by atoms with Crippen molar-refractivity contribution in [2.24, 2.45) is 5.92 Å². The van der Waals surface area contributed by atoms with Gasteiger partial charge in [-0.15, -0.1) is 0 Å². The van der Waals surface area contributed by atoms with E-state index in [0.29, 0.717) is 6.04 Å². The summed E-state index contributed by atoms with van der Waals surface area (Å²) in [6.07, 6.45) is 8.29. The predicted octanol–water partition coefficient (Wildman–Crippen LogP) is 5.37. The van der Waals surface area contributed by atoms with E-state index in [2.05, 4.69) is 59.5 Å². The second-order valence-corrected chi connectivity index (χ2v) is 7.25. The monoisotopic (exact) mass is 305 g/mol. The minimum atomic E-state index is 0.625. The maximum Gasteiger partial charge on any atom is 0.0382 e. The third-order valence-corrected chi connectivity index (χ3v) is 5.76. The van der Waals surface area contributed by atoms with Gasteiger partial charge in [0.2, 0.25) is 0 Å². The van der Waals surface area contributed by atoms with E-state index in [4.69, 9.17) is 0 Å². The standard InChI is InChI=1S/C22H27N/c1-3-9-18(10-4-1)17-23-16-15-19-11-7-8-14-21(19)22(23)20-12-5-2-6-13-20/h1,3-4,7-11,14,20,22H,2,5-6,12-13,15-17H2. The highest BCUT2D eigenvalue weighted by molar-refractivity contribution is 5.33. The van der Waals surface area contributed by atoms with E-state index in [1.807, 2.05) is 0 Å². The highest BCUT2D eigenvalue weighted by atomic mass is 15.2. The third-order valence-electron chi connectivity index (χ3n) is 5.76. The zero-order chi connectivity index (χ0) is 15.5. The lowest BCUT2D eigenvalue weighted by atomic mass is 9.77. The zero-order valence-electron chi connectivity index (χ0n) is 14.0. The largest absolute Gasteiger partial charge is 0.291 e. The normalized spacial score (nSPS) is 22.7. The van der Waals surface area contributed by atoms with Crippen LogP contribution in [0.15, 0.2) is 54.6 Å². The second kappa shape index (κ2) is 6.88. The molecule has 1 aliphatic carbocycles. The van der Waals surface area contributed by atoms with Crippen LogP contribution < -0.4 is 0 Å². The Morgan fingerprint density at radius 2 is 1.57 bits per heavy atom. The molecule has 23 heavy (non-hydrogen) atoms. The molecule has 0 spiro atoms. The number of nitrogens with zero attached hydrogens (tertiary/aromatic N) is 1. The van der Waals surface area contributed by atoms with E-state index in [9.17, 15) is 0 Å². The molecule has 2 aromatic rings. The summed E-state index contributed by atoms with van der Waals surface area (Å²) in [5, 5.41) is 0. The highest BCUT2D eigenvalue weighted by Gasteiger charge is 2.33. The number of rotatable bonds is 3. The number of hydrogen-bond donors (Lipinski definition) is 0. The van der Waals surface area contributed by atoms with Crippen molar-refractivity contribution >= 4 is 0 Å². The summed E-state index contributed by atoms with van der Waals surface area (Å²) in [5.41, 5.74) is 4.65. The molecule has 0 radical (unpaired) electrons. The van der Waals surface area contributed by atoms with Crippen LogP contribution in [0.2, 0.25) is 0 Å². The summed E-state index contributed by atoms with van der Waals surface area (Å²) >= 11 is 0. The van der Waals surface area contributed by atoms with E-state index in [0.717, 1.165) is 12.5 Å². The van der Waals surface area contributed by atoms with Crippen LogP contribution in [-0.4, -0.2) is 11.4 Å². The fraction of sp³-hybridized carbons (Fsp3) is 0.455. The lowest BCUT2D eigenvalue weighted by molar-refractivity contribution is 0.0999. The van der Waals surface area contributed by atoms with Gasteiger partial charge in [-0.05, 0) is 41.9 Å². The van der Waals surface area contributed by atoms with E-state index in [1.165, 1.54) is 50.6 Å². The molecule has 1 unspecified atom stereocenters. The van der Waals surface area contributed by atoms with Gasteiger partial charge in [0.15, 0.2) is 0 Å². The van der Waals surface area contributed by atoms with Crippen molar-refractivity contribution in [2.75, 3.05) is 6.54 Å². The SMILES string of the molecule is c1ccc(CN2CCc3ccccc3C2C2CCCCC2)cc1. The van der Waals surface area contributed by atoms with Crippen LogP contribution in [0.5, 0.6) is 0 Å². The molecule has 0 bridgehead atoms. The van der Waals surface area contributed by atoms with Crippen LogP contribution in [0.25, 0.3) is 0 Å². The Bertz CT molecular complexity index is 627. The quantitative estimate of drug-likeness (QED) is 0.737. The van der Waals surface area contributed by atoms with Crippen LogP contribution in [0.1, 0.15) is 54.8 Å². The topological polar surface area (TPSA) is 3.24 Å². The molecule has 1 saturated carbocycles. The minimum Gasteiger partial charge on any atom is -0.291 e. The van der Waals surface area contributed by atoms with Crippen LogP contribution in [0.3, 0.4) is 0 Å². The van der Waals surface area contributed by atoms with Crippen molar-refractivity contribution in [3.8, 4) is 0 Å². The van der Waals surface area contributed by atoms with E-state index < -0.39 is 0 Å². The van der Waals surface area contributed by atoms with Crippen LogP contribution >= 0.6 is 0 Å². The summed E-state index contributed by atoms with van der Waals surface area (Å²) in [6, 6.07) is 20.8. The van der Waals surface area contributed by atoms with Gasteiger partial charge in [0.05, 0.1) is 0 Å². The van der Waals surface area contributed by atoms with Crippen molar-refractivity contribution in [1.82, 2.24) is 4.90 Å². The van der Waals surface area contributed by atoms with E-state index in [-0.39, 0.29) is 0 Å². The second-order valence-electron chi connectivity index (χ2n) is 7.25. The molecule has 2 aromatic carbocycles. The molecular formula is C22H27N. The molecule has 1 heterocycles. The average Bonchev–Trinajstić information content (AvgIpc) is 2.63. The Balaban J connectivity index is 1.64. The maximum atomic E-state index is 2.76. The zero-order valence-corrected chi connectivity index (χ0v) is 14.0. The van der Waals surface area contributed by atoms with Gasteiger partial charge in [-0.1, -0.05) is 73.9 Å². The summed E-state index contributed by atoms with van der Waals surface area (Å²) < 4.78 is 0. The van der Waals surface area contributed by atoms with Crippen molar-refractivity contribution < 1.29 is 0 Å². The van der Waals surface area contributed by atoms with E-state index >= 15 is 0 Å². The Labute approximate surface area is 140 Å². The Hall–Kier alpha value is -1.60. The highest BCUT2D eigenvalue weighted by Crippen LogP contribution is 2.42. The van der Waals surface area contributed by atoms with E-state index in [1.54, 1.807) is 11.1 Å². The molecule has 1 heteroatoms. The first-order valence-electron chi connectivity index (χ1n) is 9.27. The van der Waals surface area contributed by atoms with Gasteiger partial charge >= 0.3 is 0 Å². The lowest BCUT2D eigenvalue weighted by Crippen LogP contribution is -2.39. The summed E-state index contributed by atoms with van der Waals surface area (Å²) in [6.45, 7) is 2.30. The summed E-state index contributed by atoms with van der Waals surface area (Å²) in [4.78, 5) is 2.76. The molecule has 0 aromatic heterocycles. The molecule has 0 amide bonds. The Morgan fingerprint density at radius 1 is 0.826 bits per heavy atom. The fourth-order valence-electron chi connectivity index (χ4n) is 4.65. The Kier molecular flexibility index (Phi) is 4.48. The van der Waals surface area contributed by atoms with Gasteiger partial charge in [-0.2, -0.15) is 0 Å². The fourth-order valence-corrected chi connectivity index (χ4v) is 4.65. The molecular weight excluding hydrogens is 278 g/mol. The van der Waals surface area contributed by atoms with Gasteiger partial charge in [0.25, 0.3) is 0 Å². The molecule has 2 aliphatic rings. The molecule has 1 aliphatic heterocycles. The molecule has 0 saturated heterocycles. The Morgan fingerprint density at radius 3 is 2.39 bits per heavy atom. The third kappa shape index (κ3) is 3.21. The molecule has 4 rings (SSSR count).